The second-order valence-corrected chi connectivity index (χ2v) is 11.6. The maximum absolute atomic E-state index is 12.9. The van der Waals surface area contributed by atoms with Crippen LogP contribution in [-0.2, 0) is 16.4 Å². The summed E-state index contributed by atoms with van der Waals surface area (Å²) in [6.45, 7) is 0. The van der Waals surface area contributed by atoms with Crippen LogP contribution in [0.2, 0.25) is 8.67 Å². The molecule has 1 atom stereocenters. The van der Waals surface area contributed by atoms with E-state index >= 15 is 0 Å². The van der Waals surface area contributed by atoms with Gasteiger partial charge in [0.2, 0.25) is 0 Å². The van der Waals surface area contributed by atoms with Gasteiger partial charge in [-0.2, -0.15) is 0 Å². The summed E-state index contributed by atoms with van der Waals surface area (Å²) in [5, 5.41) is 13.9. The lowest BCUT2D eigenvalue weighted by atomic mass is 10.1. The highest BCUT2D eigenvalue weighted by atomic mass is 35.5. The summed E-state index contributed by atoms with van der Waals surface area (Å²) < 4.78 is 29.2. The van der Waals surface area contributed by atoms with E-state index in [0.29, 0.717) is 23.6 Å². The first-order valence-corrected chi connectivity index (χ1v) is 13.6. The number of anilines is 1. The van der Waals surface area contributed by atoms with E-state index in [0.717, 1.165) is 16.9 Å². The monoisotopic (exact) mass is 579 g/mol. The SMILES string of the molecule is O=C(O)Nc1ccc(-n2ccnc2C(Cc2ccccc2)NC(=O)NS(=O)(=O)c2cc(Cl)sc2Cl)cc1. The van der Waals surface area contributed by atoms with Gasteiger partial charge in [-0.1, -0.05) is 53.5 Å². The van der Waals surface area contributed by atoms with Gasteiger partial charge in [-0.15, -0.1) is 11.3 Å². The van der Waals surface area contributed by atoms with E-state index in [-0.39, 0.29) is 13.6 Å². The molecule has 1 unspecified atom stereocenters. The average molecular weight is 580 g/mol. The second kappa shape index (κ2) is 11.2. The van der Waals surface area contributed by atoms with E-state index in [4.69, 9.17) is 28.3 Å². The summed E-state index contributed by atoms with van der Waals surface area (Å²) in [4.78, 5) is 27.9. The topological polar surface area (TPSA) is 142 Å². The Kier molecular flexibility index (Phi) is 8.03. The number of aromatic nitrogens is 2. The number of sulfonamides is 1. The number of carbonyl (C=O) groups is 2. The molecule has 4 rings (SSSR count). The van der Waals surface area contributed by atoms with Gasteiger partial charge in [-0.25, -0.2) is 27.7 Å². The Morgan fingerprint density at radius 2 is 1.78 bits per heavy atom. The molecular weight excluding hydrogens is 561 g/mol. The summed E-state index contributed by atoms with van der Waals surface area (Å²) in [6, 6.07) is 15.3. The van der Waals surface area contributed by atoms with Crippen molar-refractivity contribution in [1.82, 2.24) is 19.6 Å². The summed E-state index contributed by atoms with van der Waals surface area (Å²) >= 11 is 12.7. The fourth-order valence-electron chi connectivity index (χ4n) is 3.55. The molecule has 0 aliphatic carbocycles. The molecule has 2 heterocycles. The van der Waals surface area contributed by atoms with E-state index in [1.165, 1.54) is 6.07 Å². The van der Waals surface area contributed by atoms with Gasteiger partial charge in [-0.05, 0) is 42.3 Å². The lowest BCUT2D eigenvalue weighted by Gasteiger charge is -2.20. The summed E-state index contributed by atoms with van der Waals surface area (Å²) in [6.07, 6.45) is 2.33. The Balaban J connectivity index is 1.61. The molecule has 2 aromatic carbocycles. The van der Waals surface area contributed by atoms with Crippen LogP contribution >= 0.6 is 34.5 Å². The Morgan fingerprint density at radius 3 is 2.41 bits per heavy atom. The maximum Gasteiger partial charge on any atom is 0.409 e. The summed E-state index contributed by atoms with van der Waals surface area (Å²) in [5.74, 6) is 0.423. The number of nitrogens with one attached hydrogen (secondary N) is 3. The number of thiophene rings is 1. The molecule has 0 spiro atoms. The van der Waals surface area contributed by atoms with Gasteiger partial charge in [0.15, 0.2) is 0 Å². The molecule has 0 fully saturated rings. The van der Waals surface area contributed by atoms with Crippen LogP contribution in [-0.4, -0.2) is 35.2 Å². The zero-order valence-electron chi connectivity index (χ0n) is 18.8. The van der Waals surface area contributed by atoms with Crippen molar-refractivity contribution in [1.29, 1.82) is 0 Å². The zero-order valence-corrected chi connectivity index (χ0v) is 21.9. The van der Waals surface area contributed by atoms with Crippen LogP contribution in [0.25, 0.3) is 5.69 Å². The lowest BCUT2D eigenvalue weighted by Crippen LogP contribution is -2.42. The first-order valence-electron chi connectivity index (χ1n) is 10.6. The molecule has 192 valence electrons. The zero-order chi connectivity index (χ0) is 26.6. The van der Waals surface area contributed by atoms with Crippen LogP contribution in [0, 0.1) is 0 Å². The fraction of sp³-hybridized carbons (Fsp3) is 0.0870. The van der Waals surface area contributed by atoms with E-state index < -0.39 is 28.2 Å². The molecule has 14 heteroatoms. The standard InChI is InChI=1S/C23H19Cl2N5O5S2/c24-19-13-18(20(25)36-19)37(34,35)29-22(31)28-17(12-14-4-2-1-3-5-14)21-26-10-11-30(21)16-8-6-15(7-9-16)27-23(32)33/h1-11,13,17,27H,12H2,(H,32,33)(H2,28,29,31). The number of halogens is 2. The molecule has 4 N–H and O–H groups in total. The molecule has 2 aromatic heterocycles. The number of urea groups is 1. The number of rotatable bonds is 8. The molecule has 0 radical (unpaired) electrons. The Bertz CT molecular complexity index is 1520. The predicted octanol–water partition coefficient (Wildman–Crippen LogP) is 5.30. The van der Waals surface area contributed by atoms with Crippen molar-refractivity contribution < 1.29 is 23.1 Å². The van der Waals surface area contributed by atoms with E-state index in [1.54, 1.807) is 41.2 Å². The maximum atomic E-state index is 12.9. The normalized spacial score (nSPS) is 12.1. The summed E-state index contributed by atoms with van der Waals surface area (Å²) in [5.41, 5.74) is 1.91. The van der Waals surface area contributed by atoms with Gasteiger partial charge in [0.05, 0.1) is 10.4 Å². The highest BCUT2D eigenvalue weighted by Crippen LogP contribution is 2.34. The number of hydrogen-bond donors (Lipinski definition) is 4. The number of nitrogens with zero attached hydrogens (tertiary/aromatic N) is 2. The van der Waals surface area contributed by atoms with Gasteiger partial charge in [0.25, 0.3) is 10.0 Å². The van der Waals surface area contributed by atoms with Crippen molar-refractivity contribution in [3.63, 3.8) is 0 Å². The predicted molar refractivity (Wildman–Crippen MR) is 141 cm³/mol. The van der Waals surface area contributed by atoms with Crippen LogP contribution in [0.5, 0.6) is 0 Å². The molecule has 3 amide bonds. The van der Waals surface area contributed by atoms with Gasteiger partial charge < -0.3 is 15.0 Å². The van der Waals surface area contributed by atoms with Crippen LogP contribution in [0.15, 0.2) is 78.0 Å². The number of carbonyl (C=O) groups excluding carboxylic acids is 1. The molecule has 0 saturated carbocycles. The third-order valence-corrected chi connectivity index (χ3v) is 8.19. The number of imidazole rings is 1. The van der Waals surface area contributed by atoms with Crippen molar-refractivity contribution in [2.75, 3.05) is 5.32 Å². The number of benzene rings is 2. The smallest absolute Gasteiger partial charge is 0.409 e. The quantitative estimate of drug-likeness (QED) is 0.223. The van der Waals surface area contributed by atoms with E-state index in [1.807, 2.05) is 35.1 Å². The highest BCUT2D eigenvalue weighted by molar-refractivity contribution is 7.90. The average Bonchev–Trinajstić information content (AvgIpc) is 3.45. The molecular formula is C23H19Cl2N5O5S2. The summed E-state index contributed by atoms with van der Waals surface area (Å²) in [7, 11) is -4.28. The minimum atomic E-state index is -4.28. The second-order valence-electron chi connectivity index (χ2n) is 7.64. The molecule has 10 nitrogen and oxygen atoms in total. The van der Waals surface area contributed by atoms with Crippen molar-refractivity contribution in [3.8, 4) is 5.69 Å². The number of carboxylic acid groups (broad SMARTS) is 1. The molecule has 37 heavy (non-hydrogen) atoms. The van der Waals surface area contributed by atoms with Crippen molar-refractivity contribution in [2.24, 2.45) is 0 Å². The van der Waals surface area contributed by atoms with Gasteiger partial charge in [0.1, 0.15) is 15.1 Å². The van der Waals surface area contributed by atoms with Crippen molar-refractivity contribution in [2.45, 2.75) is 17.4 Å². The number of hydrogen-bond acceptors (Lipinski definition) is 6. The third kappa shape index (κ3) is 6.60. The van der Waals surface area contributed by atoms with Crippen LogP contribution in [0.3, 0.4) is 0 Å². The highest BCUT2D eigenvalue weighted by Gasteiger charge is 2.26. The minimum absolute atomic E-state index is 0.0671. The molecule has 4 aromatic rings. The lowest BCUT2D eigenvalue weighted by molar-refractivity contribution is 0.209. The largest absolute Gasteiger partial charge is 0.465 e. The van der Waals surface area contributed by atoms with Crippen LogP contribution in [0.1, 0.15) is 17.4 Å². The van der Waals surface area contributed by atoms with Gasteiger partial charge in [-0.3, -0.25) is 5.32 Å². The van der Waals surface area contributed by atoms with E-state index in [2.05, 4.69) is 15.6 Å². The van der Waals surface area contributed by atoms with Crippen LogP contribution < -0.4 is 15.4 Å². The molecule has 0 saturated heterocycles. The Hall–Kier alpha value is -3.58. The Labute approximate surface area is 225 Å². The van der Waals surface area contributed by atoms with Gasteiger partial charge >= 0.3 is 12.1 Å². The molecule has 0 aliphatic rings. The first-order chi connectivity index (χ1) is 17.6. The van der Waals surface area contributed by atoms with Crippen LogP contribution in [0.4, 0.5) is 15.3 Å². The molecule has 0 aliphatic heterocycles. The fourth-order valence-corrected chi connectivity index (χ4v) is 6.62. The number of amides is 3. The molecule has 0 bridgehead atoms. The van der Waals surface area contributed by atoms with E-state index in [9.17, 15) is 18.0 Å². The minimum Gasteiger partial charge on any atom is -0.465 e. The van der Waals surface area contributed by atoms with Gasteiger partial charge in [0, 0.05) is 23.8 Å². The first kappa shape index (κ1) is 26.5. The van der Waals surface area contributed by atoms with Crippen molar-refractivity contribution in [3.05, 3.63) is 93.1 Å². The van der Waals surface area contributed by atoms with Crippen molar-refractivity contribution >= 4 is 62.4 Å². The third-order valence-electron chi connectivity index (χ3n) is 5.11. The Morgan fingerprint density at radius 1 is 1.08 bits per heavy atom.